The molecule has 5 nitrogen and oxygen atoms in total. The number of benzene rings is 1. The van der Waals surface area contributed by atoms with Gasteiger partial charge in [-0.2, -0.15) is 0 Å². The Morgan fingerprint density at radius 3 is 2.27 bits per heavy atom. The third-order valence-corrected chi connectivity index (χ3v) is 4.43. The van der Waals surface area contributed by atoms with E-state index in [1.165, 1.54) is 5.56 Å². The van der Waals surface area contributed by atoms with E-state index in [1.807, 2.05) is 22.6 Å². The zero-order valence-corrected chi connectivity index (χ0v) is 13.3. The predicted octanol–water partition coefficient (Wildman–Crippen LogP) is 1.79. The maximum Gasteiger partial charge on any atom is 0.270 e. The molecule has 2 aromatic rings. The minimum Gasteiger partial charge on any atom is -0.340 e. The highest BCUT2D eigenvalue weighted by Crippen LogP contribution is 2.21. The largest absolute Gasteiger partial charge is 0.340 e. The van der Waals surface area contributed by atoms with E-state index in [2.05, 4.69) is 25.1 Å². The Bertz CT molecular complexity index is 740. The normalized spacial score (nSPS) is 15.4. The Morgan fingerprint density at radius 2 is 1.64 bits per heavy atom. The van der Waals surface area contributed by atoms with E-state index < -0.39 is 0 Å². The average Bonchev–Trinajstić information content (AvgIpc) is 2.83. The van der Waals surface area contributed by atoms with Crippen LogP contribution in [0.15, 0.2) is 24.3 Å². The number of carbonyl (C=O) groups excluding carboxylic acids is 2. The van der Waals surface area contributed by atoms with Gasteiger partial charge in [-0.05, 0) is 25.1 Å². The number of amides is 2. The third-order valence-electron chi connectivity index (χ3n) is 4.43. The molecule has 0 N–H and O–H groups in total. The first-order valence-corrected chi connectivity index (χ1v) is 7.58. The first-order valence-electron chi connectivity index (χ1n) is 7.58. The van der Waals surface area contributed by atoms with Crippen LogP contribution < -0.4 is 0 Å². The Morgan fingerprint density at radius 1 is 1.00 bits per heavy atom. The molecular formula is C17H21N3O2. The highest BCUT2D eigenvalue weighted by Gasteiger charge is 2.25. The summed E-state index contributed by atoms with van der Waals surface area (Å²) in [6, 6.07) is 8.17. The second-order valence-corrected chi connectivity index (χ2v) is 5.95. The van der Waals surface area contributed by atoms with Gasteiger partial charge >= 0.3 is 0 Å². The molecule has 1 aromatic heterocycles. The fourth-order valence-electron chi connectivity index (χ4n) is 3.06. The summed E-state index contributed by atoms with van der Waals surface area (Å²) in [4.78, 5) is 27.7. The summed E-state index contributed by atoms with van der Waals surface area (Å²) in [5.41, 5.74) is 2.96. The minimum absolute atomic E-state index is 0.0413. The van der Waals surface area contributed by atoms with Crippen LogP contribution in [0.3, 0.4) is 0 Å². The van der Waals surface area contributed by atoms with Gasteiger partial charge in [0, 0.05) is 51.1 Å². The Labute approximate surface area is 130 Å². The van der Waals surface area contributed by atoms with Crippen LogP contribution in [0.1, 0.15) is 23.0 Å². The van der Waals surface area contributed by atoms with Gasteiger partial charge in [0.1, 0.15) is 5.69 Å². The van der Waals surface area contributed by atoms with E-state index in [1.54, 1.807) is 11.8 Å². The molecule has 1 saturated heterocycles. The average molecular weight is 299 g/mol. The van der Waals surface area contributed by atoms with Crippen molar-refractivity contribution in [3.05, 3.63) is 35.5 Å². The topological polar surface area (TPSA) is 45.6 Å². The number of aromatic nitrogens is 1. The van der Waals surface area contributed by atoms with Gasteiger partial charge in [0.2, 0.25) is 5.91 Å². The molecule has 0 aliphatic carbocycles. The maximum atomic E-state index is 12.8. The minimum atomic E-state index is 0.0413. The number of piperazine rings is 1. The smallest absolute Gasteiger partial charge is 0.270 e. The van der Waals surface area contributed by atoms with Crippen LogP contribution in [0.2, 0.25) is 0 Å². The highest BCUT2D eigenvalue weighted by molar-refractivity contribution is 5.99. The van der Waals surface area contributed by atoms with E-state index >= 15 is 0 Å². The fraction of sp³-hybridized carbons (Fsp3) is 0.412. The molecule has 22 heavy (non-hydrogen) atoms. The Balaban J connectivity index is 1.84. The van der Waals surface area contributed by atoms with E-state index in [-0.39, 0.29) is 11.8 Å². The quantitative estimate of drug-likeness (QED) is 0.806. The molecule has 0 unspecified atom stereocenters. The van der Waals surface area contributed by atoms with Gasteiger partial charge in [0.05, 0.1) is 0 Å². The third kappa shape index (κ3) is 2.47. The lowest BCUT2D eigenvalue weighted by Gasteiger charge is -2.34. The molecule has 116 valence electrons. The number of hydrogen-bond donors (Lipinski definition) is 0. The van der Waals surface area contributed by atoms with Crippen LogP contribution in [0, 0.1) is 6.92 Å². The summed E-state index contributed by atoms with van der Waals surface area (Å²) in [5, 5.41) is 1.09. The monoisotopic (exact) mass is 299 g/mol. The summed E-state index contributed by atoms with van der Waals surface area (Å²) < 4.78 is 1.95. The number of carbonyl (C=O) groups is 2. The van der Waals surface area contributed by atoms with Gasteiger partial charge in [-0.15, -0.1) is 0 Å². The summed E-state index contributed by atoms with van der Waals surface area (Å²) >= 11 is 0. The van der Waals surface area contributed by atoms with Crippen molar-refractivity contribution in [2.24, 2.45) is 7.05 Å². The first-order chi connectivity index (χ1) is 10.5. The maximum absolute atomic E-state index is 12.8. The molecule has 2 amide bonds. The lowest BCUT2D eigenvalue weighted by molar-refractivity contribution is -0.130. The number of hydrogen-bond acceptors (Lipinski definition) is 2. The standard InChI is InChI=1S/C17H21N3O2/c1-12-4-5-15-14(10-12)11-16(18(15)3)17(22)20-8-6-19(7-9-20)13(2)21/h4-5,10-11H,6-9H2,1-3H3. The molecule has 0 saturated carbocycles. The van der Waals surface area contributed by atoms with Crippen molar-refractivity contribution in [1.29, 1.82) is 0 Å². The Hall–Kier alpha value is -2.30. The van der Waals surface area contributed by atoms with Crippen LogP contribution in [0.25, 0.3) is 10.9 Å². The summed E-state index contributed by atoms with van der Waals surface area (Å²) in [5.74, 6) is 0.117. The molecule has 0 radical (unpaired) electrons. The first kappa shape index (κ1) is 14.6. The van der Waals surface area contributed by atoms with Crippen molar-refractivity contribution >= 4 is 22.7 Å². The molecule has 1 fully saturated rings. The van der Waals surface area contributed by atoms with Crippen molar-refractivity contribution in [2.45, 2.75) is 13.8 Å². The molecule has 0 bridgehead atoms. The molecular weight excluding hydrogens is 278 g/mol. The van der Waals surface area contributed by atoms with E-state index in [0.29, 0.717) is 31.9 Å². The molecule has 3 rings (SSSR count). The van der Waals surface area contributed by atoms with Crippen molar-refractivity contribution in [3.8, 4) is 0 Å². The molecule has 1 aromatic carbocycles. The number of nitrogens with zero attached hydrogens (tertiary/aromatic N) is 3. The fourth-order valence-corrected chi connectivity index (χ4v) is 3.06. The summed E-state index contributed by atoms with van der Waals surface area (Å²) in [6.07, 6.45) is 0. The second kappa shape index (κ2) is 5.48. The number of aryl methyl sites for hydroxylation is 2. The molecule has 5 heteroatoms. The molecule has 0 spiro atoms. The van der Waals surface area contributed by atoms with E-state index in [0.717, 1.165) is 10.9 Å². The van der Waals surface area contributed by atoms with Crippen LogP contribution >= 0.6 is 0 Å². The van der Waals surface area contributed by atoms with E-state index in [4.69, 9.17) is 0 Å². The Kier molecular flexibility index (Phi) is 3.64. The van der Waals surface area contributed by atoms with Crippen LogP contribution in [0.5, 0.6) is 0 Å². The molecule has 0 atom stereocenters. The SMILES string of the molecule is CC(=O)N1CCN(C(=O)c2cc3cc(C)ccc3n2C)CC1. The van der Waals surface area contributed by atoms with Gasteiger partial charge in [-0.3, -0.25) is 9.59 Å². The van der Waals surface area contributed by atoms with Crippen LogP contribution in [0.4, 0.5) is 0 Å². The van der Waals surface area contributed by atoms with Crippen molar-refractivity contribution in [1.82, 2.24) is 14.4 Å². The van der Waals surface area contributed by atoms with Gasteiger partial charge in [0.25, 0.3) is 5.91 Å². The molecule has 2 heterocycles. The highest BCUT2D eigenvalue weighted by atomic mass is 16.2. The van der Waals surface area contributed by atoms with Gasteiger partial charge in [0.15, 0.2) is 0 Å². The molecule has 1 aliphatic rings. The van der Waals surface area contributed by atoms with Crippen molar-refractivity contribution < 1.29 is 9.59 Å². The lowest BCUT2D eigenvalue weighted by Crippen LogP contribution is -2.50. The van der Waals surface area contributed by atoms with Crippen molar-refractivity contribution in [2.75, 3.05) is 26.2 Å². The van der Waals surface area contributed by atoms with Gasteiger partial charge in [-0.1, -0.05) is 11.6 Å². The molecule has 1 aliphatic heterocycles. The van der Waals surface area contributed by atoms with E-state index in [9.17, 15) is 9.59 Å². The van der Waals surface area contributed by atoms with Crippen LogP contribution in [-0.4, -0.2) is 52.4 Å². The summed E-state index contributed by atoms with van der Waals surface area (Å²) in [7, 11) is 1.93. The lowest BCUT2D eigenvalue weighted by atomic mass is 10.2. The van der Waals surface area contributed by atoms with Crippen molar-refractivity contribution in [3.63, 3.8) is 0 Å². The van der Waals surface area contributed by atoms with Gasteiger partial charge < -0.3 is 14.4 Å². The predicted molar refractivity (Wildman–Crippen MR) is 85.8 cm³/mol. The number of rotatable bonds is 1. The zero-order chi connectivity index (χ0) is 15.9. The summed E-state index contributed by atoms with van der Waals surface area (Å²) in [6.45, 7) is 6.05. The number of fused-ring (bicyclic) bond motifs is 1. The van der Waals surface area contributed by atoms with Crippen LogP contribution in [-0.2, 0) is 11.8 Å². The second-order valence-electron chi connectivity index (χ2n) is 5.95. The zero-order valence-electron chi connectivity index (χ0n) is 13.3. The van der Waals surface area contributed by atoms with Gasteiger partial charge in [-0.25, -0.2) is 0 Å².